The number of benzene rings is 1. The predicted octanol–water partition coefficient (Wildman–Crippen LogP) is 2.30. The van der Waals surface area contributed by atoms with Gasteiger partial charge in [0, 0.05) is 0 Å². The van der Waals surface area contributed by atoms with Crippen LogP contribution in [0, 0.1) is 18.8 Å². The molecule has 2 fully saturated rings. The summed E-state index contributed by atoms with van der Waals surface area (Å²) in [7, 11) is 0. The van der Waals surface area contributed by atoms with E-state index in [2.05, 4.69) is 5.32 Å². The lowest BCUT2D eigenvalue weighted by atomic mass is 9.72. The van der Waals surface area contributed by atoms with E-state index >= 15 is 0 Å². The average Bonchev–Trinajstić information content (AvgIpc) is 2.55. The molecule has 1 aromatic carbocycles. The second-order valence-electron chi connectivity index (χ2n) is 6.86. The van der Waals surface area contributed by atoms with Gasteiger partial charge < -0.3 is 20.3 Å². The van der Waals surface area contributed by atoms with E-state index in [0.29, 0.717) is 24.0 Å². The van der Waals surface area contributed by atoms with Crippen molar-refractivity contribution < 1.29 is 24.5 Å². The van der Waals surface area contributed by atoms with E-state index in [9.17, 15) is 19.8 Å². The number of hydrogen-bond donors (Lipinski definition) is 3. The van der Waals surface area contributed by atoms with Crippen molar-refractivity contribution in [2.75, 3.05) is 6.54 Å². The Bertz CT molecular complexity index is 644. The molecule has 4 atom stereocenters. The van der Waals surface area contributed by atoms with E-state index in [4.69, 9.17) is 4.74 Å². The smallest absolute Gasteiger partial charge is 0.339 e. The number of fused-ring (bicyclic) bond motifs is 1. The molecular formula is C18H23NO5. The number of aromatic carboxylic acids is 1. The van der Waals surface area contributed by atoms with Crippen LogP contribution in [0.15, 0.2) is 18.2 Å². The Balaban J connectivity index is 1.72. The van der Waals surface area contributed by atoms with Gasteiger partial charge in [0.25, 0.3) is 0 Å². The molecule has 1 heterocycles. The molecule has 1 aromatic rings. The van der Waals surface area contributed by atoms with Gasteiger partial charge in [-0.05, 0) is 62.6 Å². The summed E-state index contributed by atoms with van der Waals surface area (Å²) in [5.74, 6) is -0.560. The first-order valence-electron chi connectivity index (χ1n) is 8.41. The van der Waals surface area contributed by atoms with Crippen molar-refractivity contribution in [2.45, 2.75) is 44.8 Å². The number of hydrogen-bond acceptors (Lipinski definition) is 4. The van der Waals surface area contributed by atoms with Crippen LogP contribution >= 0.6 is 0 Å². The third-order valence-electron chi connectivity index (χ3n) is 5.28. The zero-order chi connectivity index (χ0) is 17.3. The van der Waals surface area contributed by atoms with E-state index in [0.717, 1.165) is 31.4 Å². The molecule has 130 valence electrons. The van der Waals surface area contributed by atoms with Gasteiger partial charge in [0.2, 0.25) is 0 Å². The van der Waals surface area contributed by atoms with E-state index in [1.54, 1.807) is 12.1 Å². The van der Waals surface area contributed by atoms with Crippen LogP contribution in [-0.2, 0) is 4.79 Å². The highest BCUT2D eigenvalue weighted by molar-refractivity contribution is 5.91. The highest BCUT2D eigenvalue weighted by atomic mass is 16.5. The largest absolute Gasteiger partial charge is 0.489 e. The van der Waals surface area contributed by atoms with Crippen LogP contribution in [0.3, 0.4) is 0 Å². The summed E-state index contributed by atoms with van der Waals surface area (Å²) in [4.78, 5) is 22.6. The maximum Gasteiger partial charge on any atom is 0.339 e. The highest BCUT2D eigenvalue weighted by Gasteiger charge is 2.38. The Morgan fingerprint density at radius 1 is 1.17 bits per heavy atom. The number of aryl methyl sites for hydroxylation is 1. The fourth-order valence-corrected chi connectivity index (χ4v) is 3.96. The van der Waals surface area contributed by atoms with Gasteiger partial charge in [-0.3, -0.25) is 4.79 Å². The molecule has 2 aliphatic rings. The van der Waals surface area contributed by atoms with E-state index in [1.807, 2.05) is 13.0 Å². The summed E-state index contributed by atoms with van der Waals surface area (Å²) in [5.41, 5.74) is 0.997. The number of ether oxygens (including phenoxy) is 1. The normalized spacial score (nSPS) is 29.5. The summed E-state index contributed by atoms with van der Waals surface area (Å²) < 4.78 is 6.07. The van der Waals surface area contributed by atoms with Crippen molar-refractivity contribution in [1.82, 2.24) is 5.32 Å². The average molecular weight is 333 g/mol. The van der Waals surface area contributed by atoms with Crippen LogP contribution in [0.2, 0.25) is 0 Å². The number of aliphatic carboxylic acids is 1. The number of nitrogens with one attached hydrogen (secondary N) is 1. The molecule has 0 unspecified atom stereocenters. The van der Waals surface area contributed by atoms with Crippen molar-refractivity contribution >= 4 is 11.9 Å². The van der Waals surface area contributed by atoms with Gasteiger partial charge in [0.05, 0.1) is 6.10 Å². The molecule has 3 N–H and O–H groups in total. The molecule has 0 amide bonds. The van der Waals surface area contributed by atoms with Crippen molar-refractivity contribution in [1.29, 1.82) is 0 Å². The lowest BCUT2D eigenvalue weighted by molar-refractivity contribution is -0.141. The summed E-state index contributed by atoms with van der Waals surface area (Å²) in [5, 5.41) is 21.7. The third kappa shape index (κ3) is 3.38. The standard InChI is InChI=1S/C18H23NO5/c1-10-3-2-4-14(17(20)21)16(10)24-13-6-5-11-9-19-15(18(22)23)8-12(11)7-13/h2-4,11-13,15,19H,5-9H2,1H3,(H,20,21)(H,22,23)/t11-,12+,13-,15-/m0/s1. The van der Waals surface area contributed by atoms with Gasteiger partial charge in [-0.15, -0.1) is 0 Å². The Hall–Kier alpha value is -2.08. The first kappa shape index (κ1) is 16.8. The van der Waals surface area contributed by atoms with Gasteiger partial charge in [-0.25, -0.2) is 4.79 Å². The van der Waals surface area contributed by atoms with Crippen LogP contribution in [-0.4, -0.2) is 40.8 Å². The molecule has 0 bridgehead atoms. The number of rotatable bonds is 4. The van der Waals surface area contributed by atoms with Crippen LogP contribution in [0.25, 0.3) is 0 Å². The molecular weight excluding hydrogens is 310 g/mol. The second kappa shape index (κ2) is 6.81. The third-order valence-corrected chi connectivity index (χ3v) is 5.28. The number of carboxylic acids is 2. The summed E-state index contributed by atoms with van der Waals surface area (Å²) in [6.45, 7) is 2.58. The molecule has 0 radical (unpaired) electrons. The second-order valence-corrected chi connectivity index (χ2v) is 6.86. The van der Waals surface area contributed by atoms with Crippen molar-refractivity contribution in [3.05, 3.63) is 29.3 Å². The monoisotopic (exact) mass is 333 g/mol. The van der Waals surface area contributed by atoms with Gasteiger partial charge in [0.1, 0.15) is 17.4 Å². The Morgan fingerprint density at radius 3 is 2.67 bits per heavy atom. The number of para-hydroxylation sites is 1. The van der Waals surface area contributed by atoms with Crippen molar-refractivity contribution in [3.63, 3.8) is 0 Å². The summed E-state index contributed by atoms with van der Waals surface area (Å²) in [6.07, 6.45) is 3.18. The maximum atomic E-state index is 11.4. The topological polar surface area (TPSA) is 95.9 Å². The molecule has 1 aliphatic carbocycles. The van der Waals surface area contributed by atoms with Gasteiger partial charge in [0.15, 0.2) is 0 Å². The Kier molecular flexibility index (Phi) is 4.76. The molecule has 6 nitrogen and oxygen atoms in total. The molecule has 0 spiro atoms. The molecule has 1 saturated heterocycles. The molecule has 0 aromatic heterocycles. The molecule has 1 aliphatic heterocycles. The van der Waals surface area contributed by atoms with Crippen LogP contribution in [0.5, 0.6) is 5.75 Å². The Morgan fingerprint density at radius 2 is 1.96 bits per heavy atom. The lowest BCUT2D eigenvalue weighted by Gasteiger charge is -2.41. The number of piperidine rings is 1. The van der Waals surface area contributed by atoms with Crippen molar-refractivity contribution in [2.24, 2.45) is 11.8 Å². The van der Waals surface area contributed by atoms with Gasteiger partial charge >= 0.3 is 11.9 Å². The summed E-state index contributed by atoms with van der Waals surface area (Å²) in [6, 6.07) is 4.63. The van der Waals surface area contributed by atoms with E-state index in [-0.39, 0.29) is 11.7 Å². The fourth-order valence-electron chi connectivity index (χ4n) is 3.96. The maximum absolute atomic E-state index is 11.4. The Labute approximate surface area is 140 Å². The van der Waals surface area contributed by atoms with Gasteiger partial charge in [-0.1, -0.05) is 12.1 Å². The van der Waals surface area contributed by atoms with Crippen LogP contribution in [0.4, 0.5) is 0 Å². The first-order chi connectivity index (χ1) is 11.5. The zero-order valence-electron chi connectivity index (χ0n) is 13.7. The van der Waals surface area contributed by atoms with E-state index < -0.39 is 18.0 Å². The van der Waals surface area contributed by atoms with Crippen LogP contribution in [0.1, 0.15) is 41.6 Å². The number of carboxylic acid groups (broad SMARTS) is 2. The zero-order valence-corrected chi connectivity index (χ0v) is 13.7. The molecule has 1 saturated carbocycles. The fraction of sp³-hybridized carbons (Fsp3) is 0.556. The van der Waals surface area contributed by atoms with E-state index in [1.165, 1.54) is 0 Å². The quantitative estimate of drug-likeness (QED) is 0.782. The minimum atomic E-state index is -0.991. The summed E-state index contributed by atoms with van der Waals surface area (Å²) >= 11 is 0. The predicted molar refractivity (Wildman–Crippen MR) is 87.4 cm³/mol. The molecule has 3 rings (SSSR count). The molecule has 6 heteroatoms. The first-order valence-corrected chi connectivity index (χ1v) is 8.41. The SMILES string of the molecule is Cc1cccc(C(=O)O)c1O[C@H]1CC[C@H]2CN[C@H](C(=O)O)C[C@H]2C1. The van der Waals surface area contributed by atoms with Crippen molar-refractivity contribution in [3.8, 4) is 5.75 Å². The van der Waals surface area contributed by atoms with Crippen LogP contribution < -0.4 is 10.1 Å². The van der Waals surface area contributed by atoms with Gasteiger partial charge in [-0.2, -0.15) is 0 Å². The number of carbonyl (C=O) groups is 2. The highest BCUT2D eigenvalue weighted by Crippen LogP contribution is 2.38. The minimum Gasteiger partial charge on any atom is -0.489 e. The molecule has 24 heavy (non-hydrogen) atoms. The lowest BCUT2D eigenvalue weighted by Crippen LogP contribution is -2.50. The minimum absolute atomic E-state index is 0.0574.